The van der Waals surface area contributed by atoms with Crippen LogP contribution in [0.5, 0.6) is 5.75 Å². The molecular formula is C18H27NO. The van der Waals surface area contributed by atoms with Gasteiger partial charge in [-0.3, -0.25) is 0 Å². The molecule has 110 valence electrons. The molecule has 0 bridgehead atoms. The molecule has 1 unspecified atom stereocenters. The van der Waals surface area contributed by atoms with Gasteiger partial charge in [0.25, 0.3) is 0 Å². The van der Waals surface area contributed by atoms with E-state index in [0.29, 0.717) is 0 Å². The fraction of sp³-hybridized carbons (Fsp3) is 0.667. The second-order valence-corrected chi connectivity index (χ2v) is 6.93. The first-order valence-corrected chi connectivity index (χ1v) is 8.08. The van der Waals surface area contributed by atoms with Crippen LogP contribution in [0, 0.1) is 19.8 Å². The van der Waals surface area contributed by atoms with Crippen LogP contribution >= 0.6 is 0 Å². The summed E-state index contributed by atoms with van der Waals surface area (Å²) in [6.45, 7) is 8.71. The summed E-state index contributed by atoms with van der Waals surface area (Å²) in [4.78, 5) is 0. The van der Waals surface area contributed by atoms with Crippen LogP contribution in [0.15, 0.2) is 12.1 Å². The molecule has 1 saturated carbocycles. The Morgan fingerprint density at radius 3 is 2.65 bits per heavy atom. The van der Waals surface area contributed by atoms with Gasteiger partial charge in [-0.2, -0.15) is 0 Å². The standard InChI is InChI=1S/C18H27NO/c1-13-10-14(2)17(20-12-15-6-4-7-15)16(11-13)18(3)8-5-9-19-18/h10-11,15,19H,4-9,12H2,1-3H3. The molecule has 1 heterocycles. The minimum absolute atomic E-state index is 0.0890. The smallest absolute Gasteiger partial charge is 0.127 e. The molecule has 1 N–H and O–H groups in total. The zero-order valence-corrected chi connectivity index (χ0v) is 13.1. The van der Waals surface area contributed by atoms with Crippen molar-refractivity contribution in [1.82, 2.24) is 5.32 Å². The van der Waals surface area contributed by atoms with E-state index in [1.54, 1.807) is 0 Å². The zero-order valence-electron chi connectivity index (χ0n) is 13.1. The lowest BCUT2D eigenvalue weighted by Gasteiger charge is -2.31. The van der Waals surface area contributed by atoms with Crippen molar-refractivity contribution >= 4 is 0 Å². The van der Waals surface area contributed by atoms with E-state index in [4.69, 9.17) is 4.74 Å². The molecule has 2 heteroatoms. The molecule has 0 spiro atoms. The van der Waals surface area contributed by atoms with Gasteiger partial charge in [-0.1, -0.05) is 24.1 Å². The molecular weight excluding hydrogens is 246 g/mol. The number of aryl methyl sites for hydroxylation is 2. The second kappa shape index (κ2) is 5.40. The van der Waals surface area contributed by atoms with E-state index < -0.39 is 0 Å². The summed E-state index contributed by atoms with van der Waals surface area (Å²) in [5.41, 5.74) is 4.08. The highest BCUT2D eigenvalue weighted by Gasteiger charge is 2.33. The van der Waals surface area contributed by atoms with Crippen LogP contribution in [0.2, 0.25) is 0 Å². The third kappa shape index (κ3) is 2.58. The van der Waals surface area contributed by atoms with Crippen molar-refractivity contribution in [2.45, 2.75) is 58.4 Å². The molecule has 1 atom stereocenters. The number of benzene rings is 1. The molecule has 1 aromatic carbocycles. The zero-order chi connectivity index (χ0) is 14.2. The summed E-state index contributed by atoms with van der Waals surface area (Å²) in [5, 5.41) is 3.68. The Kier molecular flexibility index (Phi) is 3.76. The predicted molar refractivity (Wildman–Crippen MR) is 83.3 cm³/mol. The quantitative estimate of drug-likeness (QED) is 0.892. The monoisotopic (exact) mass is 273 g/mol. The first kappa shape index (κ1) is 13.9. The lowest BCUT2D eigenvalue weighted by atomic mass is 9.85. The number of hydrogen-bond donors (Lipinski definition) is 1. The molecule has 2 aliphatic rings. The Bertz CT molecular complexity index is 484. The van der Waals surface area contributed by atoms with Gasteiger partial charge in [-0.05, 0) is 64.5 Å². The van der Waals surface area contributed by atoms with E-state index in [0.717, 1.165) is 24.8 Å². The van der Waals surface area contributed by atoms with Crippen LogP contribution in [0.3, 0.4) is 0 Å². The summed E-state index contributed by atoms with van der Waals surface area (Å²) >= 11 is 0. The maximum Gasteiger partial charge on any atom is 0.127 e. The molecule has 0 amide bonds. The molecule has 0 radical (unpaired) electrons. The molecule has 0 aromatic heterocycles. The average Bonchev–Trinajstić information content (AvgIpc) is 2.77. The van der Waals surface area contributed by atoms with E-state index >= 15 is 0 Å². The highest BCUT2D eigenvalue weighted by Crippen LogP contribution is 2.39. The Morgan fingerprint density at radius 1 is 1.25 bits per heavy atom. The Hall–Kier alpha value is -1.02. The fourth-order valence-electron chi connectivity index (χ4n) is 3.54. The third-order valence-corrected chi connectivity index (χ3v) is 5.07. The van der Waals surface area contributed by atoms with E-state index in [2.05, 4.69) is 38.2 Å². The van der Waals surface area contributed by atoms with Crippen LogP contribution in [0.1, 0.15) is 55.7 Å². The van der Waals surface area contributed by atoms with Crippen molar-refractivity contribution in [2.24, 2.45) is 5.92 Å². The first-order valence-electron chi connectivity index (χ1n) is 8.08. The number of hydrogen-bond acceptors (Lipinski definition) is 2. The van der Waals surface area contributed by atoms with E-state index in [-0.39, 0.29) is 5.54 Å². The normalized spacial score (nSPS) is 26.6. The van der Waals surface area contributed by atoms with Crippen molar-refractivity contribution in [1.29, 1.82) is 0 Å². The molecule has 3 rings (SSSR count). The maximum absolute atomic E-state index is 6.26. The highest BCUT2D eigenvalue weighted by molar-refractivity contribution is 5.47. The third-order valence-electron chi connectivity index (χ3n) is 5.07. The van der Waals surface area contributed by atoms with Gasteiger partial charge in [0.2, 0.25) is 0 Å². The van der Waals surface area contributed by atoms with Gasteiger partial charge in [-0.25, -0.2) is 0 Å². The Balaban J connectivity index is 1.89. The lowest BCUT2D eigenvalue weighted by molar-refractivity contribution is 0.176. The molecule has 2 nitrogen and oxygen atoms in total. The number of rotatable bonds is 4. The van der Waals surface area contributed by atoms with Crippen molar-refractivity contribution in [3.63, 3.8) is 0 Å². The number of ether oxygens (including phenoxy) is 1. The van der Waals surface area contributed by atoms with Gasteiger partial charge in [0.1, 0.15) is 5.75 Å². The van der Waals surface area contributed by atoms with E-state index in [1.807, 2.05) is 0 Å². The average molecular weight is 273 g/mol. The van der Waals surface area contributed by atoms with Crippen LogP contribution in [-0.2, 0) is 5.54 Å². The minimum atomic E-state index is 0.0890. The maximum atomic E-state index is 6.26. The van der Waals surface area contributed by atoms with Gasteiger partial charge in [0, 0.05) is 11.1 Å². The minimum Gasteiger partial charge on any atom is -0.493 e. The summed E-state index contributed by atoms with van der Waals surface area (Å²) in [6, 6.07) is 4.57. The van der Waals surface area contributed by atoms with Gasteiger partial charge in [-0.15, -0.1) is 0 Å². The van der Waals surface area contributed by atoms with Crippen molar-refractivity contribution in [3.8, 4) is 5.75 Å². The molecule has 20 heavy (non-hydrogen) atoms. The van der Waals surface area contributed by atoms with Crippen molar-refractivity contribution in [2.75, 3.05) is 13.2 Å². The SMILES string of the molecule is Cc1cc(C)c(OCC2CCC2)c(C2(C)CCCN2)c1. The van der Waals surface area contributed by atoms with Gasteiger partial charge in [0.05, 0.1) is 6.61 Å². The summed E-state index contributed by atoms with van der Waals surface area (Å²) < 4.78 is 6.26. The molecule has 1 aromatic rings. The molecule has 1 aliphatic carbocycles. The topological polar surface area (TPSA) is 21.3 Å². The lowest BCUT2D eigenvalue weighted by Crippen LogP contribution is -2.34. The largest absolute Gasteiger partial charge is 0.493 e. The van der Waals surface area contributed by atoms with Crippen molar-refractivity contribution in [3.05, 3.63) is 28.8 Å². The molecule has 1 saturated heterocycles. The molecule has 2 fully saturated rings. The fourth-order valence-corrected chi connectivity index (χ4v) is 3.54. The molecule has 1 aliphatic heterocycles. The second-order valence-electron chi connectivity index (χ2n) is 6.93. The van der Waals surface area contributed by atoms with Gasteiger partial charge < -0.3 is 10.1 Å². The highest BCUT2D eigenvalue weighted by atomic mass is 16.5. The Labute approximate surface area is 122 Å². The van der Waals surface area contributed by atoms with Crippen LogP contribution in [0.25, 0.3) is 0 Å². The number of nitrogens with one attached hydrogen (secondary N) is 1. The van der Waals surface area contributed by atoms with E-state index in [9.17, 15) is 0 Å². The summed E-state index contributed by atoms with van der Waals surface area (Å²) in [5.74, 6) is 1.92. The summed E-state index contributed by atoms with van der Waals surface area (Å²) in [6.07, 6.45) is 6.53. The van der Waals surface area contributed by atoms with Crippen LogP contribution in [-0.4, -0.2) is 13.2 Å². The van der Waals surface area contributed by atoms with Crippen molar-refractivity contribution < 1.29 is 4.74 Å². The Morgan fingerprint density at radius 2 is 2.05 bits per heavy atom. The van der Waals surface area contributed by atoms with Gasteiger partial charge in [0.15, 0.2) is 0 Å². The first-order chi connectivity index (χ1) is 9.58. The predicted octanol–water partition coefficient (Wildman–Crippen LogP) is 4.08. The van der Waals surface area contributed by atoms with E-state index in [1.165, 1.54) is 48.8 Å². The summed E-state index contributed by atoms with van der Waals surface area (Å²) in [7, 11) is 0. The van der Waals surface area contributed by atoms with Gasteiger partial charge >= 0.3 is 0 Å². The van der Waals surface area contributed by atoms with Crippen LogP contribution in [0.4, 0.5) is 0 Å². The van der Waals surface area contributed by atoms with Crippen LogP contribution < -0.4 is 10.1 Å².